The van der Waals surface area contributed by atoms with Crippen molar-refractivity contribution >= 4 is 29.2 Å². The van der Waals surface area contributed by atoms with Crippen molar-refractivity contribution in [3.63, 3.8) is 0 Å². The van der Waals surface area contributed by atoms with Crippen LogP contribution in [0.3, 0.4) is 0 Å². The molecule has 0 heterocycles. The van der Waals surface area contributed by atoms with Gasteiger partial charge >= 0.3 is 12.2 Å². The number of carbonyl (C=O) groups excluding carboxylic acids is 2. The number of aliphatic hydroxyl groups excluding tert-OH is 1. The summed E-state index contributed by atoms with van der Waals surface area (Å²) in [7, 11) is 2.64. The van der Waals surface area contributed by atoms with Gasteiger partial charge in [0.2, 0.25) is 0 Å². The van der Waals surface area contributed by atoms with E-state index in [0.717, 1.165) is 22.3 Å². The minimum atomic E-state index is -0.801. The van der Waals surface area contributed by atoms with Gasteiger partial charge in [0.25, 0.3) is 0 Å². The zero-order chi connectivity index (χ0) is 36.0. The van der Waals surface area contributed by atoms with Crippen molar-refractivity contribution in [3.05, 3.63) is 155 Å². The van der Waals surface area contributed by atoms with E-state index in [-0.39, 0.29) is 5.92 Å². The maximum absolute atomic E-state index is 11.8. The number of methoxy groups -OCH3 is 2. The van der Waals surface area contributed by atoms with Gasteiger partial charge in [-0.3, -0.25) is 15.5 Å². The monoisotopic (exact) mass is 688 g/mol. The summed E-state index contributed by atoms with van der Waals surface area (Å²) < 4.78 is 15.4. The lowest BCUT2D eigenvalue weighted by molar-refractivity contribution is 0.107. The fourth-order valence-corrected chi connectivity index (χ4v) is 5.84. The number of nitrogens with zero attached hydrogens (tertiary/aromatic N) is 1. The molecule has 0 saturated heterocycles. The van der Waals surface area contributed by atoms with Gasteiger partial charge in [-0.15, -0.1) is 0 Å². The summed E-state index contributed by atoms with van der Waals surface area (Å²) in [5, 5.41) is 16.9. The highest BCUT2D eigenvalue weighted by molar-refractivity contribution is 5.85. The molecule has 0 aliphatic carbocycles. The summed E-state index contributed by atoms with van der Waals surface area (Å²) in [5.41, 5.74) is 13.0. The number of nitrogens with one attached hydrogen (secondary N) is 2. The number of benzene rings is 5. The molecule has 51 heavy (non-hydrogen) atoms. The Morgan fingerprint density at radius 2 is 1.22 bits per heavy atom. The number of nitrogens with two attached hydrogens (primary N) is 1. The number of carbonyl (C=O) groups is 2. The number of nitrogen functional groups attached to an aromatic ring is 1. The molecule has 2 amide bonds. The number of hydrogen-bond donors (Lipinski definition) is 4. The standard InChI is InChI=1S/C41H44N4O6/c1-49-40(47)43-34-18-13-31(14-19-34)36(32-15-20-35(21-16-32)44-41(48)50-2)23-24-45(26-29-9-5-3-6-10-29)27-38(46)33-17-22-39(37(42)25-33)51-28-30-11-7-4-8-12-30/h3-22,25,36,38,46H,23-24,26-28,42H2,1-2H3,(H,43,47)(H,44,48)/t38-/m0/s1. The third-order valence-electron chi connectivity index (χ3n) is 8.56. The lowest BCUT2D eigenvalue weighted by Gasteiger charge is -2.28. The lowest BCUT2D eigenvalue weighted by Crippen LogP contribution is -2.30. The molecular weight excluding hydrogens is 644 g/mol. The highest BCUT2D eigenvalue weighted by Gasteiger charge is 2.20. The molecule has 0 spiro atoms. The van der Waals surface area contributed by atoms with Crippen molar-refractivity contribution in [1.29, 1.82) is 0 Å². The van der Waals surface area contributed by atoms with Crippen LogP contribution >= 0.6 is 0 Å². The van der Waals surface area contributed by atoms with Crippen LogP contribution in [0, 0.1) is 0 Å². The molecule has 1 atom stereocenters. The first-order valence-corrected chi connectivity index (χ1v) is 16.7. The molecule has 0 radical (unpaired) electrons. The summed E-state index contributed by atoms with van der Waals surface area (Å²) in [4.78, 5) is 25.8. The summed E-state index contributed by atoms with van der Waals surface area (Å²) in [5.74, 6) is 0.524. The number of ether oxygens (including phenoxy) is 3. The molecule has 10 heteroatoms. The first-order valence-electron chi connectivity index (χ1n) is 16.7. The van der Waals surface area contributed by atoms with Crippen LogP contribution in [0.5, 0.6) is 5.75 Å². The largest absolute Gasteiger partial charge is 0.487 e. The van der Waals surface area contributed by atoms with Crippen molar-refractivity contribution < 1.29 is 28.9 Å². The average molecular weight is 689 g/mol. The topological polar surface area (TPSA) is 135 Å². The normalized spacial score (nSPS) is 11.5. The van der Waals surface area contributed by atoms with E-state index in [4.69, 9.17) is 19.9 Å². The summed E-state index contributed by atoms with van der Waals surface area (Å²) in [6.07, 6.45) is -1.18. The Labute approximate surface area is 298 Å². The van der Waals surface area contributed by atoms with Crippen LogP contribution in [0.2, 0.25) is 0 Å². The van der Waals surface area contributed by atoms with E-state index in [2.05, 4.69) is 27.7 Å². The van der Waals surface area contributed by atoms with Crippen LogP contribution in [0.4, 0.5) is 26.7 Å². The molecule has 5 aromatic carbocycles. The van der Waals surface area contributed by atoms with Crippen molar-refractivity contribution in [3.8, 4) is 5.75 Å². The minimum absolute atomic E-state index is 0.0449. The molecule has 0 aliphatic rings. The van der Waals surface area contributed by atoms with E-state index in [9.17, 15) is 14.7 Å². The van der Waals surface area contributed by atoms with E-state index < -0.39 is 18.3 Å². The molecule has 0 unspecified atom stereocenters. The summed E-state index contributed by atoms with van der Waals surface area (Å²) >= 11 is 0. The lowest BCUT2D eigenvalue weighted by atomic mass is 9.88. The predicted molar refractivity (Wildman–Crippen MR) is 200 cm³/mol. The average Bonchev–Trinajstić information content (AvgIpc) is 3.16. The first kappa shape index (κ1) is 36.4. The second kappa shape index (κ2) is 18.2. The Balaban J connectivity index is 1.35. The van der Waals surface area contributed by atoms with Gasteiger partial charge in [0.1, 0.15) is 12.4 Å². The Kier molecular flexibility index (Phi) is 13.0. The SMILES string of the molecule is COC(=O)Nc1ccc(C(CCN(Cc2ccccc2)C[C@H](O)c2ccc(OCc3ccccc3)c(N)c2)c2ccc(NC(=O)OC)cc2)cc1. The van der Waals surface area contributed by atoms with Crippen LogP contribution in [0.1, 0.15) is 46.3 Å². The molecule has 10 nitrogen and oxygen atoms in total. The molecule has 0 aliphatic heterocycles. The maximum atomic E-state index is 11.8. The molecule has 264 valence electrons. The zero-order valence-electron chi connectivity index (χ0n) is 28.8. The first-order chi connectivity index (χ1) is 24.8. The van der Waals surface area contributed by atoms with Gasteiger partial charge in [-0.1, -0.05) is 91.0 Å². The molecular formula is C41H44N4O6. The van der Waals surface area contributed by atoms with Crippen molar-refractivity contribution in [2.75, 3.05) is 43.7 Å². The summed E-state index contributed by atoms with van der Waals surface area (Å²) in [6.45, 7) is 2.04. The Morgan fingerprint density at radius 1 is 0.706 bits per heavy atom. The Hall–Kier alpha value is -5.84. The molecule has 5 aromatic rings. The summed E-state index contributed by atoms with van der Waals surface area (Å²) in [6, 6.07) is 40.8. The second-order valence-corrected chi connectivity index (χ2v) is 12.1. The van der Waals surface area contributed by atoms with Gasteiger partial charge in [-0.2, -0.15) is 0 Å². The fourth-order valence-electron chi connectivity index (χ4n) is 5.84. The smallest absolute Gasteiger partial charge is 0.411 e. The van der Waals surface area contributed by atoms with Gasteiger partial charge in [0.15, 0.2) is 0 Å². The quantitative estimate of drug-likeness (QED) is 0.0814. The van der Waals surface area contributed by atoms with Crippen molar-refractivity contribution in [1.82, 2.24) is 4.90 Å². The third kappa shape index (κ3) is 10.8. The molecule has 0 bridgehead atoms. The van der Waals surface area contributed by atoms with Gasteiger partial charge in [-0.25, -0.2) is 9.59 Å². The third-order valence-corrected chi connectivity index (χ3v) is 8.56. The van der Waals surface area contributed by atoms with E-state index in [1.807, 2.05) is 109 Å². The van der Waals surface area contributed by atoms with Crippen LogP contribution < -0.4 is 21.1 Å². The second-order valence-electron chi connectivity index (χ2n) is 12.1. The van der Waals surface area contributed by atoms with Crippen LogP contribution in [-0.2, 0) is 22.6 Å². The molecule has 0 aromatic heterocycles. The molecule has 5 N–H and O–H groups in total. The highest BCUT2D eigenvalue weighted by Crippen LogP contribution is 2.32. The Bertz CT molecular complexity index is 1780. The van der Waals surface area contributed by atoms with Gasteiger partial charge < -0.3 is 25.1 Å². The van der Waals surface area contributed by atoms with Crippen LogP contribution in [0.25, 0.3) is 0 Å². The van der Waals surface area contributed by atoms with Gasteiger partial charge in [0.05, 0.1) is 26.0 Å². The number of rotatable bonds is 15. The van der Waals surface area contributed by atoms with Crippen LogP contribution in [-0.4, -0.2) is 49.5 Å². The van der Waals surface area contributed by atoms with Crippen molar-refractivity contribution in [2.24, 2.45) is 0 Å². The van der Waals surface area contributed by atoms with Crippen molar-refractivity contribution in [2.45, 2.75) is 31.6 Å². The predicted octanol–water partition coefficient (Wildman–Crippen LogP) is 7.96. The Morgan fingerprint density at radius 3 is 1.73 bits per heavy atom. The van der Waals surface area contributed by atoms with E-state index in [1.165, 1.54) is 14.2 Å². The molecule has 0 saturated carbocycles. The fraction of sp³-hybridized carbons (Fsp3) is 0.220. The van der Waals surface area contributed by atoms with E-state index in [1.54, 1.807) is 6.07 Å². The number of aliphatic hydroxyl groups is 1. The molecule has 0 fully saturated rings. The number of hydrogen-bond acceptors (Lipinski definition) is 8. The number of amides is 2. The number of anilines is 3. The highest BCUT2D eigenvalue weighted by atomic mass is 16.5. The minimum Gasteiger partial charge on any atom is -0.487 e. The molecule has 5 rings (SSSR count). The zero-order valence-corrected chi connectivity index (χ0v) is 28.8. The van der Waals surface area contributed by atoms with Gasteiger partial charge in [-0.05, 0) is 77.2 Å². The van der Waals surface area contributed by atoms with E-state index >= 15 is 0 Å². The van der Waals surface area contributed by atoms with Crippen LogP contribution in [0.15, 0.2) is 127 Å². The maximum Gasteiger partial charge on any atom is 0.411 e. The van der Waals surface area contributed by atoms with Gasteiger partial charge in [0, 0.05) is 30.4 Å². The van der Waals surface area contributed by atoms with E-state index in [0.29, 0.717) is 61.0 Å².